The van der Waals surface area contributed by atoms with Crippen LogP contribution in [-0.2, 0) is 4.79 Å². The van der Waals surface area contributed by atoms with Crippen molar-refractivity contribution < 1.29 is 9.59 Å². The molecule has 92 valence electrons. The Morgan fingerprint density at radius 1 is 1.18 bits per heavy atom. The van der Waals surface area contributed by atoms with Crippen LogP contribution in [0, 0.1) is 0 Å². The van der Waals surface area contributed by atoms with Gasteiger partial charge in [-0.1, -0.05) is 32.0 Å². The fourth-order valence-electron chi connectivity index (χ4n) is 1.07. The largest absolute Gasteiger partial charge is 0.272 e. The predicted octanol–water partition coefficient (Wildman–Crippen LogP) is 1.59. The van der Waals surface area contributed by atoms with Crippen LogP contribution in [-0.4, -0.2) is 22.8 Å². The molecular formula is C12H16N2O2S. The van der Waals surface area contributed by atoms with E-state index in [2.05, 4.69) is 10.9 Å². The number of amides is 2. The molecule has 1 aromatic rings. The van der Waals surface area contributed by atoms with Gasteiger partial charge < -0.3 is 0 Å². The smallest absolute Gasteiger partial charge is 0.269 e. The highest BCUT2D eigenvalue weighted by molar-refractivity contribution is 8.00. The molecule has 0 aliphatic carbocycles. The van der Waals surface area contributed by atoms with Crippen molar-refractivity contribution in [2.45, 2.75) is 19.1 Å². The summed E-state index contributed by atoms with van der Waals surface area (Å²) in [5.74, 6) is -0.173. The van der Waals surface area contributed by atoms with Crippen molar-refractivity contribution in [3.63, 3.8) is 0 Å². The maximum atomic E-state index is 11.6. The van der Waals surface area contributed by atoms with E-state index in [-0.39, 0.29) is 11.8 Å². The summed E-state index contributed by atoms with van der Waals surface area (Å²) in [6.45, 7) is 4.03. The zero-order valence-corrected chi connectivity index (χ0v) is 10.7. The van der Waals surface area contributed by atoms with Crippen molar-refractivity contribution in [1.29, 1.82) is 0 Å². The summed E-state index contributed by atoms with van der Waals surface area (Å²) in [7, 11) is 0. The number of carbonyl (C=O) groups excluding carboxylic acids is 2. The van der Waals surface area contributed by atoms with Gasteiger partial charge in [0.25, 0.3) is 5.91 Å². The van der Waals surface area contributed by atoms with Crippen LogP contribution in [0.5, 0.6) is 0 Å². The quantitative estimate of drug-likeness (QED) is 0.800. The SMILES string of the molecule is CC(C)SCC(=O)NNC(=O)c1ccccc1. The summed E-state index contributed by atoms with van der Waals surface area (Å²) < 4.78 is 0. The molecule has 17 heavy (non-hydrogen) atoms. The number of rotatable bonds is 4. The molecule has 4 nitrogen and oxygen atoms in total. The van der Waals surface area contributed by atoms with Crippen molar-refractivity contribution in [2.75, 3.05) is 5.75 Å². The average molecular weight is 252 g/mol. The number of thioether (sulfide) groups is 1. The molecule has 0 fully saturated rings. The molecule has 0 atom stereocenters. The van der Waals surface area contributed by atoms with E-state index >= 15 is 0 Å². The molecule has 0 saturated carbocycles. The topological polar surface area (TPSA) is 58.2 Å². The number of carbonyl (C=O) groups is 2. The number of hydrazine groups is 1. The maximum absolute atomic E-state index is 11.6. The molecule has 0 bridgehead atoms. The van der Waals surface area contributed by atoms with Crippen LogP contribution < -0.4 is 10.9 Å². The van der Waals surface area contributed by atoms with Crippen LogP contribution in [0.1, 0.15) is 24.2 Å². The molecule has 5 heteroatoms. The van der Waals surface area contributed by atoms with Gasteiger partial charge in [-0.05, 0) is 17.4 Å². The fraction of sp³-hybridized carbons (Fsp3) is 0.333. The Balaban J connectivity index is 2.31. The third kappa shape index (κ3) is 5.40. The van der Waals surface area contributed by atoms with Crippen molar-refractivity contribution in [3.05, 3.63) is 35.9 Å². The molecule has 0 spiro atoms. The minimum atomic E-state index is -0.312. The van der Waals surface area contributed by atoms with Gasteiger partial charge in [0, 0.05) is 5.56 Å². The Bertz CT molecular complexity index is 379. The summed E-state index contributed by atoms with van der Waals surface area (Å²) in [6.07, 6.45) is 0. The molecule has 2 amide bonds. The van der Waals surface area contributed by atoms with Gasteiger partial charge in [-0.25, -0.2) is 0 Å². The zero-order valence-electron chi connectivity index (χ0n) is 9.90. The first kappa shape index (κ1) is 13.6. The minimum absolute atomic E-state index is 0.201. The molecule has 0 aromatic heterocycles. The highest BCUT2D eigenvalue weighted by Crippen LogP contribution is 2.07. The maximum Gasteiger partial charge on any atom is 0.269 e. The number of hydrogen-bond acceptors (Lipinski definition) is 3. The third-order valence-electron chi connectivity index (χ3n) is 1.90. The second kappa shape index (κ2) is 6.96. The summed E-state index contributed by atoms with van der Waals surface area (Å²) in [4.78, 5) is 22.9. The molecule has 0 aliphatic rings. The lowest BCUT2D eigenvalue weighted by atomic mass is 10.2. The van der Waals surface area contributed by atoms with E-state index in [1.807, 2.05) is 19.9 Å². The summed E-state index contributed by atoms with van der Waals surface area (Å²) in [5, 5.41) is 0.394. The van der Waals surface area contributed by atoms with Crippen molar-refractivity contribution >= 4 is 23.6 Å². The Hall–Kier alpha value is -1.49. The highest BCUT2D eigenvalue weighted by atomic mass is 32.2. The number of benzene rings is 1. The molecule has 0 heterocycles. The van der Waals surface area contributed by atoms with E-state index in [1.165, 1.54) is 11.8 Å². The Morgan fingerprint density at radius 2 is 1.82 bits per heavy atom. The van der Waals surface area contributed by atoms with Gasteiger partial charge in [0.1, 0.15) is 0 Å². The molecule has 2 N–H and O–H groups in total. The molecule has 1 rings (SSSR count). The lowest BCUT2D eigenvalue weighted by molar-refractivity contribution is -0.119. The Morgan fingerprint density at radius 3 is 2.41 bits per heavy atom. The van der Waals surface area contributed by atoms with Crippen LogP contribution in [0.15, 0.2) is 30.3 Å². The van der Waals surface area contributed by atoms with Crippen LogP contribution in [0.4, 0.5) is 0 Å². The van der Waals surface area contributed by atoms with Gasteiger partial charge in [0.15, 0.2) is 0 Å². The van der Waals surface area contributed by atoms with E-state index < -0.39 is 0 Å². The summed E-state index contributed by atoms with van der Waals surface area (Å²) in [5.41, 5.74) is 5.27. The first-order valence-corrected chi connectivity index (χ1v) is 6.40. The molecule has 0 aliphatic heterocycles. The van der Waals surface area contributed by atoms with Crippen molar-refractivity contribution in [1.82, 2.24) is 10.9 Å². The van der Waals surface area contributed by atoms with Crippen LogP contribution in [0.3, 0.4) is 0 Å². The predicted molar refractivity (Wildman–Crippen MR) is 69.6 cm³/mol. The van der Waals surface area contributed by atoms with Crippen LogP contribution in [0.2, 0.25) is 0 Å². The average Bonchev–Trinajstić information content (AvgIpc) is 2.34. The van der Waals surface area contributed by atoms with Gasteiger partial charge >= 0.3 is 0 Å². The van der Waals surface area contributed by atoms with E-state index in [0.717, 1.165) is 0 Å². The zero-order chi connectivity index (χ0) is 12.7. The normalized spacial score (nSPS) is 10.1. The standard InChI is InChI=1S/C12H16N2O2S/c1-9(2)17-8-11(15)13-14-12(16)10-6-4-3-5-7-10/h3-7,9H,8H2,1-2H3,(H,13,15)(H,14,16). The van der Waals surface area contributed by atoms with Gasteiger partial charge in [0.2, 0.25) is 5.91 Å². The van der Waals surface area contributed by atoms with Gasteiger partial charge in [-0.15, -0.1) is 11.8 Å². The lowest BCUT2D eigenvalue weighted by Gasteiger charge is -2.08. The van der Waals surface area contributed by atoms with E-state index in [9.17, 15) is 9.59 Å². The molecule has 0 saturated heterocycles. The van der Waals surface area contributed by atoms with Gasteiger partial charge in [-0.3, -0.25) is 20.4 Å². The lowest BCUT2D eigenvalue weighted by Crippen LogP contribution is -2.42. The van der Waals surface area contributed by atoms with Gasteiger partial charge in [0.05, 0.1) is 5.75 Å². The molecule has 0 unspecified atom stereocenters. The summed E-state index contributed by atoms with van der Waals surface area (Å²) >= 11 is 1.52. The second-order valence-electron chi connectivity index (χ2n) is 3.73. The highest BCUT2D eigenvalue weighted by Gasteiger charge is 2.07. The van der Waals surface area contributed by atoms with Gasteiger partial charge in [-0.2, -0.15) is 0 Å². The Kier molecular flexibility index (Phi) is 5.56. The van der Waals surface area contributed by atoms with Crippen LogP contribution >= 0.6 is 11.8 Å². The van der Waals surface area contributed by atoms with Crippen molar-refractivity contribution in [3.8, 4) is 0 Å². The van der Waals surface area contributed by atoms with Crippen LogP contribution in [0.25, 0.3) is 0 Å². The number of nitrogens with one attached hydrogen (secondary N) is 2. The Labute approximate surface area is 105 Å². The van der Waals surface area contributed by atoms with Crippen molar-refractivity contribution in [2.24, 2.45) is 0 Å². The monoisotopic (exact) mass is 252 g/mol. The summed E-state index contributed by atoms with van der Waals surface area (Å²) in [6, 6.07) is 8.74. The molecule has 1 aromatic carbocycles. The molecule has 0 radical (unpaired) electrons. The first-order chi connectivity index (χ1) is 8.09. The minimum Gasteiger partial charge on any atom is -0.272 e. The third-order valence-corrected chi connectivity index (χ3v) is 2.99. The van der Waals surface area contributed by atoms with E-state index in [1.54, 1.807) is 24.3 Å². The molecular weight excluding hydrogens is 236 g/mol. The first-order valence-electron chi connectivity index (χ1n) is 5.35. The van der Waals surface area contributed by atoms with E-state index in [0.29, 0.717) is 16.6 Å². The second-order valence-corrected chi connectivity index (χ2v) is 5.29. The number of hydrogen-bond donors (Lipinski definition) is 2. The fourth-order valence-corrected chi connectivity index (χ4v) is 1.62. The van der Waals surface area contributed by atoms with E-state index in [4.69, 9.17) is 0 Å².